The van der Waals surface area contributed by atoms with Gasteiger partial charge in [-0.1, -0.05) is 12.1 Å². The number of likely N-dealkylation sites (tertiary alicyclic amines) is 2. The van der Waals surface area contributed by atoms with E-state index in [9.17, 15) is 9.18 Å². The van der Waals surface area contributed by atoms with Crippen LogP contribution in [0.2, 0.25) is 0 Å². The average Bonchev–Trinajstić information content (AvgIpc) is 3.08. The summed E-state index contributed by atoms with van der Waals surface area (Å²) < 4.78 is 18.8. The lowest BCUT2D eigenvalue weighted by Crippen LogP contribution is -2.35. The topological polar surface area (TPSA) is 32.8 Å². The minimum absolute atomic E-state index is 0.137. The summed E-state index contributed by atoms with van der Waals surface area (Å²) in [4.78, 5) is 17.1. The van der Waals surface area contributed by atoms with Gasteiger partial charge in [-0.2, -0.15) is 0 Å². The molecule has 3 aliphatic rings. The maximum Gasteiger partial charge on any atom is 0.227 e. The van der Waals surface area contributed by atoms with Gasteiger partial charge in [0.15, 0.2) is 0 Å². The molecule has 5 heteroatoms. The van der Waals surface area contributed by atoms with Crippen LogP contribution in [0.1, 0.15) is 18.4 Å². The number of halogens is 1. The van der Waals surface area contributed by atoms with Crippen LogP contribution in [-0.4, -0.2) is 55.1 Å². The van der Waals surface area contributed by atoms with E-state index in [0.29, 0.717) is 12.5 Å². The van der Waals surface area contributed by atoms with Gasteiger partial charge in [0, 0.05) is 51.9 Å². The summed E-state index contributed by atoms with van der Waals surface area (Å²) >= 11 is 0. The molecule has 130 valence electrons. The molecule has 24 heavy (non-hydrogen) atoms. The van der Waals surface area contributed by atoms with Crippen LogP contribution >= 0.6 is 0 Å². The van der Waals surface area contributed by atoms with E-state index in [2.05, 4.69) is 4.90 Å². The number of amides is 1. The maximum atomic E-state index is 13.3. The molecule has 1 aromatic rings. The molecule has 2 atom stereocenters. The monoisotopic (exact) mass is 332 g/mol. The molecule has 0 saturated carbocycles. The molecule has 3 saturated heterocycles. The third kappa shape index (κ3) is 3.33. The van der Waals surface area contributed by atoms with Crippen LogP contribution < -0.4 is 0 Å². The lowest BCUT2D eigenvalue weighted by atomic mass is 10.00. The number of fused-ring (bicyclic) bond motifs is 1. The first-order valence-corrected chi connectivity index (χ1v) is 9.02. The van der Waals surface area contributed by atoms with Crippen molar-refractivity contribution in [3.63, 3.8) is 0 Å². The molecule has 3 fully saturated rings. The lowest BCUT2D eigenvalue weighted by molar-refractivity contribution is -0.131. The van der Waals surface area contributed by atoms with Crippen LogP contribution in [0, 0.1) is 23.6 Å². The molecule has 0 aromatic heterocycles. The van der Waals surface area contributed by atoms with Crippen molar-refractivity contribution in [3.8, 4) is 0 Å². The van der Waals surface area contributed by atoms with Crippen molar-refractivity contribution in [3.05, 3.63) is 35.6 Å². The first kappa shape index (κ1) is 16.0. The number of benzene rings is 1. The van der Waals surface area contributed by atoms with Gasteiger partial charge < -0.3 is 14.5 Å². The van der Waals surface area contributed by atoms with Crippen LogP contribution in [-0.2, 0) is 16.1 Å². The number of hydrogen-bond donors (Lipinski definition) is 0. The Morgan fingerprint density at radius 3 is 2.75 bits per heavy atom. The maximum absolute atomic E-state index is 13.3. The molecule has 0 aliphatic carbocycles. The number of carbonyl (C=O) groups excluding carboxylic acids is 1. The third-order valence-corrected chi connectivity index (χ3v) is 5.72. The summed E-state index contributed by atoms with van der Waals surface area (Å²) in [5.74, 6) is 1.31. The van der Waals surface area contributed by atoms with Crippen molar-refractivity contribution < 1.29 is 13.9 Å². The van der Waals surface area contributed by atoms with Gasteiger partial charge in [0.05, 0.1) is 5.92 Å². The van der Waals surface area contributed by atoms with Crippen LogP contribution in [0.15, 0.2) is 24.3 Å². The van der Waals surface area contributed by atoms with Crippen LogP contribution in [0.5, 0.6) is 0 Å². The van der Waals surface area contributed by atoms with Crippen molar-refractivity contribution in [2.75, 3.05) is 39.4 Å². The smallest absolute Gasteiger partial charge is 0.227 e. The highest BCUT2D eigenvalue weighted by molar-refractivity contribution is 5.82. The minimum atomic E-state index is -0.234. The van der Waals surface area contributed by atoms with Crippen LogP contribution in [0.3, 0.4) is 0 Å². The Kier molecular flexibility index (Phi) is 4.55. The van der Waals surface area contributed by atoms with Crippen molar-refractivity contribution in [1.82, 2.24) is 9.80 Å². The van der Waals surface area contributed by atoms with Crippen molar-refractivity contribution >= 4 is 5.91 Å². The lowest BCUT2D eigenvalue weighted by Gasteiger charge is -2.28. The largest absolute Gasteiger partial charge is 0.381 e. The Balaban J connectivity index is 1.32. The normalized spacial score (nSPS) is 28.5. The highest BCUT2D eigenvalue weighted by Gasteiger charge is 2.46. The summed E-state index contributed by atoms with van der Waals surface area (Å²) in [6, 6.07) is 6.57. The quantitative estimate of drug-likeness (QED) is 0.847. The fraction of sp³-hybridized carbons (Fsp3) is 0.632. The molecular formula is C19H25FN2O2. The summed E-state index contributed by atoms with van der Waals surface area (Å²) in [5.41, 5.74) is 0.877. The van der Waals surface area contributed by atoms with Gasteiger partial charge in [-0.15, -0.1) is 0 Å². The molecule has 4 rings (SSSR count). The van der Waals surface area contributed by atoms with Gasteiger partial charge in [-0.3, -0.25) is 4.79 Å². The van der Waals surface area contributed by atoms with Crippen LogP contribution in [0.4, 0.5) is 4.39 Å². The Labute approximate surface area is 142 Å². The van der Waals surface area contributed by atoms with Gasteiger partial charge in [-0.05, 0) is 36.5 Å². The summed E-state index contributed by atoms with van der Waals surface area (Å²) in [5, 5.41) is 0. The van der Waals surface area contributed by atoms with Crippen LogP contribution in [0.25, 0.3) is 0 Å². The highest BCUT2D eigenvalue weighted by Crippen LogP contribution is 2.34. The fourth-order valence-electron chi connectivity index (χ4n) is 4.47. The SMILES string of the molecule is O=C1[C@@H]2CN(CC3CCOCC3)C[C@@H]2CN1Cc1cccc(F)c1. The van der Waals surface area contributed by atoms with Gasteiger partial charge in [0.2, 0.25) is 5.91 Å². The van der Waals surface area contributed by atoms with E-state index in [1.54, 1.807) is 6.07 Å². The first-order valence-electron chi connectivity index (χ1n) is 9.02. The van der Waals surface area contributed by atoms with E-state index in [4.69, 9.17) is 4.74 Å². The van der Waals surface area contributed by atoms with E-state index in [1.807, 2.05) is 11.0 Å². The van der Waals surface area contributed by atoms with E-state index < -0.39 is 0 Å². The minimum Gasteiger partial charge on any atom is -0.381 e. The standard InChI is InChI=1S/C19H25FN2O2/c20-17-3-1-2-15(8-17)10-22-12-16-11-21(13-18(16)19(22)23)9-14-4-6-24-7-5-14/h1-3,8,14,16,18H,4-7,9-13H2/t16-,18-/m1/s1. The second-order valence-corrected chi connectivity index (χ2v) is 7.49. The molecule has 4 nitrogen and oxygen atoms in total. The predicted molar refractivity (Wildman–Crippen MR) is 88.8 cm³/mol. The summed E-state index contributed by atoms with van der Waals surface area (Å²) in [6.07, 6.45) is 2.29. The molecular weight excluding hydrogens is 307 g/mol. The Bertz CT molecular complexity index is 603. The zero-order valence-electron chi connectivity index (χ0n) is 14.0. The number of hydrogen-bond acceptors (Lipinski definition) is 3. The van der Waals surface area contributed by atoms with E-state index in [0.717, 1.165) is 63.7 Å². The van der Waals surface area contributed by atoms with Gasteiger partial charge >= 0.3 is 0 Å². The Morgan fingerprint density at radius 1 is 1.17 bits per heavy atom. The van der Waals surface area contributed by atoms with Crippen molar-refractivity contribution in [2.24, 2.45) is 17.8 Å². The fourth-order valence-corrected chi connectivity index (χ4v) is 4.47. The molecule has 0 unspecified atom stereocenters. The van der Waals surface area contributed by atoms with E-state index in [1.165, 1.54) is 12.1 Å². The molecule has 0 radical (unpaired) electrons. The average molecular weight is 332 g/mol. The Morgan fingerprint density at radius 2 is 2.00 bits per heavy atom. The van der Waals surface area contributed by atoms with Crippen molar-refractivity contribution in [2.45, 2.75) is 19.4 Å². The van der Waals surface area contributed by atoms with E-state index >= 15 is 0 Å². The zero-order chi connectivity index (χ0) is 16.5. The number of rotatable bonds is 4. The number of carbonyl (C=O) groups is 1. The number of nitrogens with zero attached hydrogens (tertiary/aromatic N) is 2. The highest BCUT2D eigenvalue weighted by atomic mass is 19.1. The molecule has 0 bridgehead atoms. The molecule has 0 N–H and O–H groups in total. The molecule has 0 spiro atoms. The molecule has 3 aliphatic heterocycles. The third-order valence-electron chi connectivity index (χ3n) is 5.72. The van der Waals surface area contributed by atoms with E-state index in [-0.39, 0.29) is 17.6 Å². The number of ether oxygens (including phenoxy) is 1. The van der Waals surface area contributed by atoms with Gasteiger partial charge in [0.25, 0.3) is 0 Å². The molecule has 3 heterocycles. The predicted octanol–water partition coefficient (Wildman–Crippen LogP) is 2.14. The van der Waals surface area contributed by atoms with Crippen molar-refractivity contribution in [1.29, 1.82) is 0 Å². The Hall–Kier alpha value is -1.46. The molecule has 1 aromatic carbocycles. The first-order chi connectivity index (χ1) is 11.7. The second-order valence-electron chi connectivity index (χ2n) is 7.49. The summed E-state index contributed by atoms with van der Waals surface area (Å²) in [6.45, 7) is 6.12. The van der Waals surface area contributed by atoms with Gasteiger partial charge in [0.1, 0.15) is 5.82 Å². The zero-order valence-corrected chi connectivity index (χ0v) is 14.0. The van der Waals surface area contributed by atoms with Gasteiger partial charge in [-0.25, -0.2) is 4.39 Å². The second kappa shape index (κ2) is 6.81. The summed E-state index contributed by atoms with van der Waals surface area (Å²) in [7, 11) is 0. The molecule has 1 amide bonds.